The Bertz CT molecular complexity index is 1260. The fourth-order valence-electron chi connectivity index (χ4n) is 5.14. The Morgan fingerprint density at radius 2 is 1.89 bits per heavy atom. The van der Waals surface area contributed by atoms with Crippen LogP contribution in [-0.4, -0.2) is 56.2 Å². The van der Waals surface area contributed by atoms with E-state index in [1.807, 2.05) is 11.6 Å². The number of carbonyl (C=O) groups is 1. The molecule has 37 heavy (non-hydrogen) atoms. The lowest BCUT2D eigenvalue weighted by atomic mass is 9.76. The van der Waals surface area contributed by atoms with Gasteiger partial charge in [-0.25, -0.2) is 8.42 Å². The Morgan fingerprint density at radius 1 is 1.22 bits per heavy atom. The molecular formula is C28H39N3O5S. The van der Waals surface area contributed by atoms with Crippen molar-refractivity contribution >= 4 is 21.5 Å². The average Bonchev–Trinajstić information content (AvgIpc) is 3.15. The molecule has 0 saturated carbocycles. The van der Waals surface area contributed by atoms with Gasteiger partial charge in [0.15, 0.2) is 9.84 Å². The molecule has 1 spiro atoms. The highest BCUT2D eigenvalue weighted by molar-refractivity contribution is 7.91. The monoisotopic (exact) mass is 529 g/mol. The van der Waals surface area contributed by atoms with E-state index in [0.29, 0.717) is 50.0 Å². The maximum atomic E-state index is 13.1. The fraction of sp³-hybridized carbons (Fsp3) is 0.571. The number of rotatable bonds is 9. The predicted octanol–water partition coefficient (Wildman–Crippen LogP) is 4.04. The van der Waals surface area contributed by atoms with Gasteiger partial charge in [-0.3, -0.25) is 9.48 Å². The van der Waals surface area contributed by atoms with Crippen LogP contribution in [0.3, 0.4) is 0 Å². The minimum Gasteiger partial charge on any atom is -0.493 e. The smallest absolute Gasteiger partial charge is 0.255 e. The number of sulfone groups is 1. The topological polar surface area (TPSA) is 99.5 Å². The van der Waals surface area contributed by atoms with Gasteiger partial charge in [0, 0.05) is 37.3 Å². The zero-order valence-corrected chi connectivity index (χ0v) is 23.2. The van der Waals surface area contributed by atoms with Gasteiger partial charge in [-0.15, -0.1) is 0 Å². The van der Waals surface area contributed by atoms with Crippen LogP contribution in [0.2, 0.25) is 0 Å². The highest BCUT2D eigenvalue weighted by atomic mass is 32.2. The predicted molar refractivity (Wildman–Crippen MR) is 143 cm³/mol. The number of nitrogens with zero attached hydrogens (tertiary/aromatic N) is 2. The number of hydrogen-bond donors (Lipinski definition) is 1. The first-order valence-corrected chi connectivity index (χ1v) is 14.7. The van der Waals surface area contributed by atoms with Crippen molar-refractivity contribution < 1.29 is 22.7 Å². The van der Waals surface area contributed by atoms with E-state index in [1.54, 1.807) is 31.2 Å². The first-order valence-electron chi connectivity index (χ1n) is 13.1. The van der Waals surface area contributed by atoms with Gasteiger partial charge in [-0.2, -0.15) is 5.10 Å². The molecule has 0 bridgehead atoms. The summed E-state index contributed by atoms with van der Waals surface area (Å²) >= 11 is 0. The number of nitrogens with one attached hydrogen (secondary N) is 1. The van der Waals surface area contributed by atoms with E-state index in [0.717, 1.165) is 41.8 Å². The quantitative estimate of drug-likeness (QED) is 0.493. The second kappa shape index (κ2) is 10.6. The zero-order valence-electron chi connectivity index (χ0n) is 22.4. The van der Waals surface area contributed by atoms with Crippen molar-refractivity contribution in [2.45, 2.75) is 64.8 Å². The highest BCUT2D eigenvalue weighted by Gasteiger charge is 2.40. The Labute approximate surface area is 220 Å². The second-order valence-corrected chi connectivity index (χ2v) is 13.3. The van der Waals surface area contributed by atoms with E-state index < -0.39 is 9.84 Å². The van der Waals surface area contributed by atoms with Gasteiger partial charge in [-0.1, -0.05) is 34.3 Å². The van der Waals surface area contributed by atoms with Gasteiger partial charge in [0.1, 0.15) is 5.76 Å². The minimum absolute atomic E-state index is 0.00565. The molecule has 4 rings (SSSR count). The van der Waals surface area contributed by atoms with E-state index >= 15 is 0 Å². The SMILES string of the molecule is C=C(OCC(C)(C)Cn1nc(CC)c2c1CC1(CCOCC1)CNC2=O)c1ccc(S(=O)(=O)CC)cc1. The largest absolute Gasteiger partial charge is 0.493 e. The number of fused-ring (bicyclic) bond motifs is 1. The number of aryl methyl sites for hydroxylation is 1. The molecule has 0 aliphatic carbocycles. The summed E-state index contributed by atoms with van der Waals surface area (Å²) in [6.45, 7) is 15.0. The molecule has 2 aromatic rings. The van der Waals surface area contributed by atoms with Crippen LogP contribution in [-0.2, 0) is 38.7 Å². The summed E-state index contributed by atoms with van der Waals surface area (Å²) in [5.74, 6) is 0.519. The van der Waals surface area contributed by atoms with E-state index in [1.165, 1.54) is 0 Å². The molecule has 0 unspecified atom stereocenters. The summed E-state index contributed by atoms with van der Waals surface area (Å²) in [4.78, 5) is 13.4. The van der Waals surface area contributed by atoms with Crippen LogP contribution >= 0.6 is 0 Å². The summed E-state index contributed by atoms with van der Waals surface area (Å²) in [6.07, 6.45) is 3.33. The zero-order chi connectivity index (χ0) is 26.8. The van der Waals surface area contributed by atoms with Crippen LogP contribution in [0.15, 0.2) is 35.7 Å². The van der Waals surface area contributed by atoms with Gasteiger partial charge in [-0.05, 0) is 55.4 Å². The molecule has 1 saturated heterocycles. The van der Waals surface area contributed by atoms with Crippen molar-refractivity contribution in [2.75, 3.05) is 32.1 Å². The lowest BCUT2D eigenvalue weighted by Gasteiger charge is -2.36. The first kappa shape index (κ1) is 27.4. The van der Waals surface area contributed by atoms with Crippen molar-refractivity contribution in [1.82, 2.24) is 15.1 Å². The summed E-state index contributed by atoms with van der Waals surface area (Å²) in [5.41, 5.74) is 3.01. The molecule has 0 radical (unpaired) electrons. The second-order valence-electron chi connectivity index (χ2n) is 11.1. The fourth-order valence-corrected chi connectivity index (χ4v) is 6.02. The van der Waals surface area contributed by atoms with Gasteiger partial charge in [0.2, 0.25) is 0 Å². The van der Waals surface area contributed by atoms with Gasteiger partial charge >= 0.3 is 0 Å². The van der Waals surface area contributed by atoms with E-state index in [2.05, 4.69) is 25.7 Å². The minimum atomic E-state index is -3.25. The summed E-state index contributed by atoms with van der Waals surface area (Å²) < 4.78 is 37.9. The molecule has 2 aliphatic rings. The molecule has 0 atom stereocenters. The van der Waals surface area contributed by atoms with E-state index in [-0.39, 0.29) is 22.5 Å². The highest BCUT2D eigenvalue weighted by Crippen LogP contribution is 2.38. The van der Waals surface area contributed by atoms with Crippen LogP contribution < -0.4 is 5.32 Å². The molecule has 1 aromatic heterocycles. The first-order chi connectivity index (χ1) is 17.5. The van der Waals surface area contributed by atoms with Crippen molar-refractivity contribution in [1.29, 1.82) is 0 Å². The standard InChI is InChI=1S/C28H39N3O5S/c1-6-23-25-24(16-28(17-29-26(25)32)12-14-35-15-13-28)31(30-23)18-27(4,5)19-36-20(3)21-8-10-22(11-9-21)37(33,34)7-2/h8-11H,3,6-7,12-19H2,1-2,4-5H3,(H,29,32). The summed E-state index contributed by atoms with van der Waals surface area (Å²) in [5, 5.41) is 8.05. The lowest BCUT2D eigenvalue weighted by molar-refractivity contribution is 0.0149. The van der Waals surface area contributed by atoms with Crippen LogP contribution in [0, 0.1) is 10.8 Å². The Kier molecular flexibility index (Phi) is 7.85. The maximum absolute atomic E-state index is 13.1. The van der Waals surface area contributed by atoms with Crippen molar-refractivity contribution in [3.63, 3.8) is 0 Å². The normalized spacial score (nSPS) is 17.7. The number of amides is 1. The van der Waals surface area contributed by atoms with Gasteiger partial charge in [0.25, 0.3) is 5.91 Å². The van der Waals surface area contributed by atoms with Crippen LogP contribution in [0.1, 0.15) is 67.8 Å². The third-order valence-corrected chi connectivity index (χ3v) is 9.29. The number of aromatic nitrogens is 2. The van der Waals surface area contributed by atoms with Crippen LogP contribution in [0.25, 0.3) is 5.76 Å². The number of ether oxygens (including phenoxy) is 2. The molecule has 3 heterocycles. The van der Waals surface area contributed by atoms with E-state index in [9.17, 15) is 13.2 Å². The van der Waals surface area contributed by atoms with Crippen molar-refractivity contribution in [2.24, 2.45) is 10.8 Å². The number of carbonyl (C=O) groups excluding carboxylic acids is 1. The van der Waals surface area contributed by atoms with Crippen molar-refractivity contribution in [3.05, 3.63) is 53.4 Å². The van der Waals surface area contributed by atoms with E-state index in [4.69, 9.17) is 14.6 Å². The molecular weight excluding hydrogens is 490 g/mol. The van der Waals surface area contributed by atoms with Gasteiger partial charge in [0.05, 0.1) is 34.2 Å². The summed E-state index contributed by atoms with van der Waals surface area (Å²) in [6, 6.07) is 6.64. The Balaban J connectivity index is 1.50. The molecule has 2 aliphatic heterocycles. The molecule has 1 N–H and O–H groups in total. The Morgan fingerprint density at radius 3 is 2.51 bits per heavy atom. The Hall–Kier alpha value is -2.65. The van der Waals surface area contributed by atoms with Crippen LogP contribution in [0.5, 0.6) is 0 Å². The average molecular weight is 530 g/mol. The third-order valence-electron chi connectivity index (χ3n) is 7.54. The number of benzene rings is 1. The molecule has 1 fully saturated rings. The number of hydrogen-bond acceptors (Lipinski definition) is 6. The molecule has 8 nitrogen and oxygen atoms in total. The molecule has 1 aromatic carbocycles. The maximum Gasteiger partial charge on any atom is 0.255 e. The third kappa shape index (κ3) is 5.93. The summed E-state index contributed by atoms with van der Waals surface area (Å²) in [7, 11) is -3.25. The van der Waals surface area contributed by atoms with Gasteiger partial charge < -0.3 is 14.8 Å². The lowest BCUT2D eigenvalue weighted by Crippen LogP contribution is -2.41. The molecule has 9 heteroatoms. The van der Waals surface area contributed by atoms with Crippen molar-refractivity contribution in [3.8, 4) is 0 Å². The molecule has 202 valence electrons. The molecule has 1 amide bonds. The van der Waals surface area contributed by atoms with Crippen LogP contribution in [0.4, 0.5) is 0 Å².